The van der Waals surface area contributed by atoms with E-state index in [-0.39, 0.29) is 23.9 Å². The van der Waals surface area contributed by atoms with Crippen LogP contribution in [0.5, 0.6) is 11.5 Å². The summed E-state index contributed by atoms with van der Waals surface area (Å²) in [5.41, 5.74) is 2.24. The highest BCUT2D eigenvalue weighted by Crippen LogP contribution is 2.32. The van der Waals surface area contributed by atoms with Crippen molar-refractivity contribution in [3.05, 3.63) is 59.7 Å². The second kappa shape index (κ2) is 8.80. The third-order valence-electron chi connectivity index (χ3n) is 4.94. The molecule has 1 aliphatic rings. The summed E-state index contributed by atoms with van der Waals surface area (Å²) < 4.78 is 5.51. The van der Waals surface area contributed by atoms with E-state index in [2.05, 4.69) is 17.4 Å². The van der Waals surface area contributed by atoms with Gasteiger partial charge in [-0.3, -0.25) is 0 Å². The molecule has 2 atom stereocenters. The minimum absolute atomic E-state index is 0.0161. The normalized spacial score (nSPS) is 17.6. The predicted octanol–water partition coefficient (Wildman–Crippen LogP) is 4.27. The third-order valence-corrected chi connectivity index (χ3v) is 4.94. The SMILES string of the molecule is CCOc1ccc(C2CCCN2C(=O)NC(C)Cc2ccc(O)cc2)cc1. The van der Waals surface area contributed by atoms with Crippen LogP contribution in [0.4, 0.5) is 4.79 Å². The van der Waals surface area contributed by atoms with E-state index >= 15 is 0 Å². The van der Waals surface area contributed by atoms with Gasteiger partial charge >= 0.3 is 6.03 Å². The fraction of sp³-hybridized carbons (Fsp3) is 0.409. The van der Waals surface area contributed by atoms with E-state index in [0.29, 0.717) is 6.61 Å². The van der Waals surface area contributed by atoms with Crippen LogP contribution in [0.15, 0.2) is 48.5 Å². The Hall–Kier alpha value is -2.69. The Bertz CT molecular complexity index is 743. The molecular weight excluding hydrogens is 340 g/mol. The fourth-order valence-electron chi connectivity index (χ4n) is 3.64. The summed E-state index contributed by atoms with van der Waals surface area (Å²) in [6.45, 7) is 5.40. The summed E-state index contributed by atoms with van der Waals surface area (Å²) in [6.07, 6.45) is 2.72. The molecule has 0 aliphatic carbocycles. The molecule has 1 fully saturated rings. The van der Waals surface area contributed by atoms with Crippen molar-refractivity contribution in [2.24, 2.45) is 0 Å². The molecule has 0 saturated carbocycles. The number of amides is 2. The minimum atomic E-state index is -0.0161. The van der Waals surface area contributed by atoms with Crippen LogP contribution in [-0.4, -0.2) is 35.2 Å². The molecule has 3 rings (SSSR count). The molecule has 0 bridgehead atoms. The van der Waals surface area contributed by atoms with Gasteiger partial charge in [-0.15, -0.1) is 0 Å². The van der Waals surface area contributed by atoms with Crippen LogP contribution in [0, 0.1) is 0 Å². The molecule has 1 saturated heterocycles. The molecule has 0 radical (unpaired) electrons. The Morgan fingerprint density at radius 2 is 1.93 bits per heavy atom. The zero-order valence-electron chi connectivity index (χ0n) is 16.0. The smallest absolute Gasteiger partial charge is 0.318 e. The minimum Gasteiger partial charge on any atom is -0.508 e. The number of ether oxygens (including phenoxy) is 1. The van der Waals surface area contributed by atoms with Gasteiger partial charge < -0.3 is 20.1 Å². The number of phenolic OH excluding ortho intramolecular Hbond substituents is 1. The standard InChI is InChI=1S/C22H28N2O3/c1-3-27-20-12-8-18(9-13-20)21-5-4-14-24(21)22(26)23-16(2)15-17-6-10-19(25)11-7-17/h6-13,16,21,25H,3-5,14-15H2,1-2H3,(H,23,26). The number of rotatable bonds is 6. The molecule has 2 unspecified atom stereocenters. The van der Waals surface area contributed by atoms with E-state index in [1.165, 1.54) is 0 Å². The van der Waals surface area contributed by atoms with Gasteiger partial charge in [0.05, 0.1) is 12.6 Å². The molecule has 0 spiro atoms. The maximum atomic E-state index is 12.8. The van der Waals surface area contributed by atoms with Gasteiger partial charge in [-0.1, -0.05) is 24.3 Å². The van der Waals surface area contributed by atoms with Crippen LogP contribution in [-0.2, 0) is 6.42 Å². The van der Waals surface area contributed by atoms with E-state index in [9.17, 15) is 9.90 Å². The van der Waals surface area contributed by atoms with Gasteiger partial charge in [0.1, 0.15) is 11.5 Å². The molecule has 0 aromatic heterocycles. The molecule has 144 valence electrons. The quantitative estimate of drug-likeness (QED) is 0.800. The molecule has 1 heterocycles. The Kier molecular flexibility index (Phi) is 6.22. The Balaban J connectivity index is 1.60. The number of nitrogens with one attached hydrogen (secondary N) is 1. The lowest BCUT2D eigenvalue weighted by Crippen LogP contribution is -2.44. The topological polar surface area (TPSA) is 61.8 Å². The molecule has 1 aliphatic heterocycles. The first kappa shape index (κ1) is 19.1. The fourth-order valence-corrected chi connectivity index (χ4v) is 3.64. The first-order valence-electron chi connectivity index (χ1n) is 9.64. The second-order valence-corrected chi connectivity index (χ2v) is 7.07. The number of phenols is 1. The molecular formula is C22H28N2O3. The number of likely N-dealkylation sites (tertiary alicyclic amines) is 1. The van der Waals surface area contributed by atoms with Crippen LogP contribution < -0.4 is 10.1 Å². The summed E-state index contributed by atoms with van der Waals surface area (Å²) in [5.74, 6) is 1.11. The van der Waals surface area contributed by atoms with Gasteiger partial charge in [-0.25, -0.2) is 4.79 Å². The van der Waals surface area contributed by atoms with Crippen molar-refractivity contribution in [2.45, 2.75) is 45.2 Å². The number of carbonyl (C=O) groups excluding carboxylic acids is 1. The molecule has 2 aromatic carbocycles. The number of nitrogens with zero attached hydrogens (tertiary/aromatic N) is 1. The van der Waals surface area contributed by atoms with Crippen LogP contribution in [0.3, 0.4) is 0 Å². The van der Waals surface area contributed by atoms with E-state index in [1.807, 2.05) is 43.0 Å². The maximum absolute atomic E-state index is 12.8. The van der Waals surface area contributed by atoms with Gasteiger partial charge in [-0.05, 0) is 68.5 Å². The van der Waals surface area contributed by atoms with Crippen molar-refractivity contribution in [1.82, 2.24) is 10.2 Å². The average molecular weight is 368 g/mol. The largest absolute Gasteiger partial charge is 0.508 e. The molecule has 27 heavy (non-hydrogen) atoms. The highest BCUT2D eigenvalue weighted by Gasteiger charge is 2.30. The first-order valence-corrected chi connectivity index (χ1v) is 9.64. The lowest BCUT2D eigenvalue weighted by atomic mass is 10.0. The van der Waals surface area contributed by atoms with E-state index in [4.69, 9.17) is 4.74 Å². The third kappa shape index (κ3) is 4.94. The number of carbonyl (C=O) groups is 1. The van der Waals surface area contributed by atoms with Gasteiger partial charge in [0.15, 0.2) is 0 Å². The number of hydrogen-bond donors (Lipinski definition) is 2. The van der Waals surface area contributed by atoms with Crippen molar-refractivity contribution < 1.29 is 14.6 Å². The molecule has 2 N–H and O–H groups in total. The number of urea groups is 1. The summed E-state index contributed by atoms with van der Waals surface area (Å²) in [4.78, 5) is 14.7. The van der Waals surface area contributed by atoms with Gasteiger partial charge in [0.2, 0.25) is 0 Å². The second-order valence-electron chi connectivity index (χ2n) is 7.07. The summed E-state index contributed by atoms with van der Waals surface area (Å²) in [6, 6.07) is 15.3. The van der Waals surface area contributed by atoms with Crippen molar-refractivity contribution in [1.29, 1.82) is 0 Å². The monoisotopic (exact) mass is 368 g/mol. The van der Waals surface area contributed by atoms with Crippen molar-refractivity contribution in [2.75, 3.05) is 13.2 Å². The molecule has 5 heteroatoms. The van der Waals surface area contributed by atoms with Crippen LogP contribution in [0.2, 0.25) is 0 Å². The molecule has 5 nitrogen and oxygen atoms in total. The summed E-state index contributed by atoms with van der Waals surface area (Å²) in [5, 5.41) is 12.5. The Morgan fingerprint density at radius 1 is 1.22 bits per heavy atom. The van der Waals surface area contributed by atoms with Gasteiger partial charge in [0, 0.05) is 12.6 Å². The van der Waals surface area contributed by atoms with Gasteiger partial charge in [0.25, 0.3) is 0 Å². The number of hydrogen-bond acceptors (Lipinski definition) is 3. The van der Waals surface area contributed by atoms with Crippen LogP contribution in [0.25, 0.3) is 0 Å². The lowest BCUT2D eigenvalue weighted by Gasteiger charge is -2.27. The number of aromatic hydroxyl groups is 1. The summed E-state index contributed by atoms with van der Waals surface area (Å²) >= 11 is 0. The van der Waals surface area contributed by atoms with Crippen molar-refractivity contribution in [3.8, 4) is 11.5 Å². The zero-order valence-corrected chi connectivity index (χ0v) is 16.0. The van der Waals surface area contributed by atoms with Gasteiger partial charge in [-0.2, -0.15) is 0 Å². The average Bonchev–Trinajstić information content (AvgIpc) is 3.14. The van der Waals surface area contributed by atoms with Crippen LogP contribution >= 0.6 is 0 Å². The summed E-state index contributed by atoms with van der Waals surface area (Å²) in [7, 11) is 0. The molecule has 2 amide bonds. The Morgan fingerprint density at radius 3 is 2.59 bits per heavy atom. The van der Waals surface area contributed by atoms with Crippen LogP contribution in [0.1, 0.15) is 43.9 Å². The van der Waals surface area contributed by atoms with E-state index in [0.717, 1.165) is 42.7 Å². The predicted molar refractivity (Wildman–Crippen MR) is 106 cm³/mol. The Labute approximate surface area is 161 Å². The van der Waals surface area contributed by atoms with Crippen molar-refractivity contribution in [3.63, 3.8) is 0 Å². The lowest BCUT2D eigenvalue weighted by molar-refractivity contribution is 0.189. The highest BCUT2D eigenvalue weighted by molar-refractivity contribution is 5.75. The van der Waals surface area contributed by atoms with E-state index in [1.54, 1.807) is 12.1 Å². The van der Waals surface area contributed by atoms with E-state index < -0.39 is 0 Å². The first-order chi connectivity index (χ1) is 13.1. The zero-order chi connectivity index (χ0) is 19.2. The maximum Gasteiger partial charge on any atom is 0.318 e. The number of benzene rings is 2. The highest BCUT2D eigenvalue weighted by atomic mass is 16.5. The molecule has 2 aromatic rings. The van der Waals surface area contributed by atoms with Crippen molar-refractivity contribution >= 4 is 6.03 Å².